The van der Waals surface area contributed by atoms with Crippen LogP contribution in [0.15, 0.2) is 48.6 Å². The first kappa shape index (κ1) is 17.0. The van der Waals surface area contributed by atoms with Crippen molar-refractivity contribution in [3.05, 3.63) is 70.8 Å². The summed E-state index contributed by atoms with van der Waals surface area (Å²) in [7, 11) is 1.61. The van der Waals surface area contributed by atoms with Gasteiger partial charge in [0, 0.05) is 0 Å². The van der Waals surface area contributed by atoms with Crippen molar-refractivity contribution in [3.63, 3.8) is 0 Å². The molecule has 1 aliphatic heterocycles. The van der Waals surface area contributed by atoms with Crippen LogP contribution in [0.2, 0.25) is 0 Å². The zero-order chi connectivity index (χ0) is 18.0. The summed E-state index contributed by atoms with van der Waals surface area (Å²) in [6.07, 6.45) is 7.33. The van der Waals surface area contributed by atoms with Crippen molar-refractivity contribution in [1.29, 1.82) is 0 Å². The number of methoxy groups -OCH3 is 1. The highest BCUT2D eigenvalue weighted by atomic mass is 16.5. The van der Waals surface area contributed by atoms with Gasteiger partial charge in [-0.1, -0.05) is 35.9 Å². The Morgan fingerprint density at radius 3 is 2.52 bits per heavy atom. The number of carbonyl (C=O) groups is 1. The number of allylic oxidation sites excluding steroid dienone is 1. The third-order valence-corrected chi connectivity index (χ3v) is 4.16. The molecule has 0 atom stereocenters. The minimum Gasteiger partial charge on any atom is -0.496 e. The van der Waals surface area contributed by atoms with E-state index in [4.69, 9.17) is 9.47 Å². The molecule has 1 heterocycles. The Morgan fingerprint density at radius 1 is 1.12 bits per heavy atom. The average Bonchev–Trinajstić information content (AvgIpc) is 2.59. The minimum absolute atomic E-state index is 0.0921. The zero-order valence-electron chi connectivity index (χ0n) is 15.0. The number of rotatable bonds is 4. The summed E-state index contributed by atoms with van der Waals surface area (Å²) in [5.74, 6) is 1.18. The van der Waals surface area contributed by atoms with Gasteiger partial charge in [-0.15, -0.1) is 0 Å². The molecule has 0 aliphatic carbocycles. The molecule has 3 nitrogen and oxygen atoms in total. The highest BCUT2D eigenvalue weighted by Gasteiger charge is 2.27. The molecule has 128 valence electrons. The fourth-order valence-electron chi connectivity index (χ4n) is 2.74. The third-order valence-electron chi connectivity index (χ3n) is 4.16. The molecule has 0 saturated heterocycles. The van der Waals surface area contributed by atoms with Crippen LogP contribution in [0.4, 0.5) is 0 Å². The van der Waals surface area contributed by atoms with Crippen LogP contribution in [0, 0.1) is 6.92 Å². The van der Waals surface area contributed by atoms with Gasteiger partial charge in [-0.3, -0.25) is 4.79 Å². The molecule has 25 heavy (non-hydrogen) atoms. The van der Waals surface area contributed by atoms with Crippen molar-refractivity contribution >= 4 is 17.9 Å². The zero-order valence-corrected chi connectivity index (χ0v) is 15.0. The Bertz CT molecular complexity index is 856. The van der Waals surface area contributed by atoms with E-state index in [1.807, 2.05) is 63.3 Å². The summed E-state index contributed by atoms with van der Waals surface area (Å²) >= 11 is 0. The van der Waals surface area contributed by atoms with Gasteiger partial charge < -0.3 is 9.47 Å². The van der Waals surface area contributed by atoms with Crippen LogP contribution in [0.5, 0.6) is 11.5 Å². The van der Waals surface area contributed by atoms with E-state index in [2.05, 4.69) is 0 Å². The topological polar surface area (TPSA) is 35.5 Å². The van der Waals surface area contributed by atoms with Crippen molar-refractivity contribution in [2.24, 2.45) is 0 Å². The van der Waals surface area contributed by atoms with Crippen molar-refractivity contribution < 1.29 is 14.3 Å². The van der Waals surface area contributed by atoms with Crippen molar-refractivity contribution in [2.75, 3.05) is 7.11 Å². The monoisotopic (exact) mass is 334 g/mol. The molecule has 0 amide bonds. The number of benzene rings is 2. The number of aryl methyl sites for hydroxylation is 1. The van der Waals surface area contributed by atoms with Gasteiger partial charge in [0.1, 0.15) is 17.1 Å². The normalized spacial score (nSPS) is 14.9. The van der Waals surface area contributed by atoms with E-state index in [-0.39, 0.29) is 5.78 Å². The van der Waals surface area contributed by atoms with E-state index >= 15 is 0 Å². The highest BCUT2D eigenvalue weighted by Crippen LogP contribution is 2.39. The molecule has 3 heteroatoms. The summed E-state index contributed by atoms with van der Waals surface area (Å²) < 4.78 is 11.5. The maximum Gasteiger partial charge on any atom is 0.189 e. The molecule has 2 aromatic rings. The summed E-state index contributed by atoms with van der Waals surface area (Å²) in [6, 6.07) is 11.6. The molecule has 0 bridgehead atoms. The molecule has 0 fully saturated rings. The lowest BCUT2D eigenvalue weighted by Gasteiger charge is -2.29. The predicted octanol–water partition coefficient (Wildman–Crippen LogP) is 5.08. The molecular weight excluding hydrogens is 312 g/mol. The maximum atomic E-state index is 12.7. The van der Waals surface area contributed by atoms with Gasteiger partial charge in [0.25, 0.3) is 0 Å². The van der Waals surface area contributed by atoms with Crippen molar-refractivity contribution in [1.82, 2.24) is 0 Å². The van der Waals surface area contributed by atoms with Crippen LogP contribution in [0.3, 0.4) is 0 Å². The summed E-state index contributed by atoms with van der Waals surface area (Å²) in [5, 5.41) is 0. The predicted molar refractivity (Wildman–Crippen MR) is 101 cm³/mol. The van der Waals surface area contributed by atoms with Gasteiger partial charge >= 0.3 is 0 Å². The molecule has 0 unspecified atom stereocenters. The lowest BCUT2D eigenvalue weighted by molar-refractivity contribution is 0.103. The van der Waals surface area contributed by atoms with Crippen molar-refractivity contribution in [3.8, 4) is 11.5 Å². The molecule has 0 spiro atoms. The van der Waals surface area contributed by atoms with Gasteiger partial charge in [-0.25, -0.2) is 0 Å². The molecule has 2 aromatic carbocycles. The Labute approximate surface area is 148 Å². The maximum absolute atomic E-state index is 12.7. The van der Waals surface area contributed by atoms with Gasteiger partial charge in [-0.05, 0) is 56.7 Å². The number of hydrogen-bond donors (Lipinski definition) is 0. The first-order valence-electron chi connectivity index (χ1n) is 8.28. The van der Waals surface area contributed by atoms with Gasteiger partial charge in [0.05, 0.1) is 18.2 Å². The second-order valence-electron chi connectivity index (χ2n) is 6.71. The fraction of sp³-hybridized carbons (Fsp3) is 0.227. The Kier molecular flexibility index (Phi) is 4.49. The fourth-order valence-corrected chi connectivity index (χ4v) is 2.74. The lowest BCUT2D eigenvalue weighted by Crippen LogP contribution is -2.28. The van der Waals surface area contributed by atoms with Gasteiger partial charge in [0.15, 0.2) is 5.78 Å². The second kappa shape index (κ2) is 6.60. The van der Waals surface area contributed by atoms with E-state index in [1.165, 1.54) is 5.56 Å². The van der Waals surface area contributed by atoms with E-state index in [1.54, 1.807) is 25.3 Å². The molecule has 0 aromatic heterocycles. The molecule has 1 aliphatic rings. The number of hydrogen-bond acceptors (Lipinski definition) is 3. The minimum atomic E-state index is -0.463. The molecular formula is C22H22O3. The van der Waals surface area contributed by atoms with Gasteiger partial charge in [0.2, 0.25) is 0 Å². The lowest BCUT2D eigenvalue weighted by atomic mass is 9.97. The van der Waals surface area contributed by atoms with E-state index in [9.17, 15) is 4.79 Å². The highest BCUT2D eigenvalue weighted by molar-refractivity contribution is 6.09. The third kappa shape index (κ3) is 3.66. The molecule has 0 saturated carbocycles. The Morgan fingerprint density at radius 2 is 1.84 bits per heavy atom. The number of ether oxygens (including phenoxy) is 2. The van der Waals surface area contributed by atoms with Gasteiger partial charge in [-0.2, -0.15) is 0 Å². The van der Waals surface area contributed by atoms with Crippen LogP contribution >= 0.6 is 0 Å². The summed E-state index contributed by atoms with van der Waals surface area (Å²) in [4.78, 5) is 12.7. The molecule has 0 N–H and O–H groups in total. The average molecular weight is 334 g/mol. The first-order chi connectivity index (χ1) is 11.9. The standard InChI is InChI=1S/C22H22O3/c1-15-5-7-16(8-6-15)9-11-19(23)17-10-12-20(24-4)18-13-14-22(2,3)25-21(17)18/h5-14H,1-4H3. The van der Waals surface area contributed by atoms with Crippen LogP contribution in [-0.4, -0.2) is 18.5 Å². The number of ketones is 1. The summed E-state index contributed by atoms with van der Waals surface area (Å²) in [5.41, 5.74) is 3.06. The van der Waals surface area contributed by atoms with E-state index in [0.717, 1.165) is 11.1 Å². The number of fused-ring (bicyclic) bond motifs is 1. The smallest absolute Gasteiger partial charge is 0.189 e. The van der Waals surface area contributed by atoms with E-state index < -0.39 is 5.60 Å². The largest absolute Gasteiger partial charge is 0.496 e. The SMILES string of the molecule is COc1ccc(C(=O)C=Cc2ccc(C)cc2)c2c1C=CC(C)(C)O2. The Hall–Kier alpha value is -2.81. The molecule has 0 radical (unpaired) electrons. The van der Waals surface area contributed by atoms with Crippen LogP contribution < -0.4 is 9.47 Å². The van der Waals surface area contributed by atoms with Crippen LogP contribution in [-0.2, 0) is 0 Å². The number of carbonyl (C=O) groups excluding carboxylic acids is 1. The first-order valence-corrected chi connectivity index (χ1v) is 8.28. The van der Waals surface area contributed by atoms with Crippen LogP contribution in [0.1, 0.15) is 40.9 Å². The van der Waals surface area contributed by atoms with Crippen LogP contribution in [0.25, 0.3) is 12.2 Å². The molecule has 3 rings (SSSR count). The quantitative estimate of drug-likeness (QED) is 0.577. The summed E-state index contributed by atoms with van der Waals surface area (Å²) in [6.45, 7) is 5.96. The van der Waals surface area contributed by atoms with E-state index in [0.29, 0.717) is 17.1 Å². The second-order valence-corrected chi connectivity index (χ2v) is 6.71. The van der Waals surface area contributed by atoms with Crippen molar-refractivity contribution in [2.45, 2.75) is 26.4 Å². The Balaban J connectivity index is 1.96.